The highest BCUT2D eigenvalue weighted by molar-refractivity contribution is 7.89. The van der Waals surface area contributed by atoms with Gasteiger partial charge < -0.3 is 13.7 Å². The third-order valence-electron chi connectivity index (χ3n) is 5.42. The molecule has 170 valence electrons. The Morgan fingerprint density at radius 3 is 2.69 bits per heavy atom. The zero-order valence-electron chi connectivity index (χ0n) is 17.9. The van der Waals surface area contributed by atoms with Crippen LogP contribution in [0.3, 0.4) is 0 Å². The van der Waals surface area contributed by atoms with E-state index in [1.807, 2.05) is 6.92 Å². The third kappa shape index (κ3) is 4.61. The molecule has 32 heavy (non-hydrogen) atoms. The van der Waals surface area contributed by atoms with Gasteiger partial charge in [-0.2, -0.15) is 4.31 Å². The Kier molecular flexibility index (Phi) is 6.71. The number of furan rings is 1. The minimum absolute atomic E-state index is 0.107. The first-order chi connectivity index (χ1) is 15.5. The van der Waals surface area contributed by atoms with Crippen molar-refractivity contribution in [3.8, 4) is 11.7 Å². The van der Waals surface area contributed by atoms with Crippen molar-refractivity contribution in [2.24, 2.45) is 0 Å². The highest BCUT2D eigenvalue weighted by atomic mass is 32.2. The van der Waals surface area contributed by atoms with Crippen LogP contribution in [-0.2, 0) is 21.4 Å². The van der Waals surface area contributed by atoms with Crippen LogP contribution in [0.2, 0.25) is 0 Å². The normalized spacial score (nSPS) is 17.3. The molecule has 4 rings (SSSR count). The molecule has 3 heterocycles. The van der Waals surface area contributed by atoms with Crippen LogP contribution in [0.25, 0.3) is 11.7 Å². The number of piperidine rings is 1. The van der Waals surface area contributed by atoms with Gasteiger partial charge in [0.2, 0.25) is 21.8 Å². The van der Waals surface area contributed by atoms with E-state index in [0.29, 0.717) is 31.7 Å². The predicted octanol–water partition coefficient (Wildman–Crippen LogP) is 3.31. The summed E-state index contributed by atoms with van der Waals surface area (Å²) < 4.78 is 38.8. The second-order valence-electron chi connectivity index (χ2n) is 7.68. The van der Waals surface area contributed by atoms with E-state index in [1.54, 1.807) is 47.4 Å². The average molecular weight is 459 g/mol. The first-order valence-electron chi connectivity index (χ1n) is 10.7. The maximum atomic E-state index is 13.5. The lowest BCUT2D eigenvalue weighted by Crippen LogP contribution is -2.52. The van der Waals surface area contributed by atoms with Crippen molar-refractivity contribution in [2.45, 2.75) is 50.1 Å². The molecule has 10 heteroatoms. The van der Waals surface area contributed by atoms with Crippen LogP contribution in [0.1, 0.15) is 38.5 Å². The largest absolute Gasteiger partial charge is 0.459 e. The van der Waals surface area contributed by atoms with Crippen molar-refractivity contribution in [1.29, 1.82) is 0 Å². The van der Waals surface area contributed by atoms with Gasteiger partial charge in [0.15, 0.2) is 5.76 Å². The van der Waals surface area contributed by atoms with E-state index in [4.69, 9.17) is 8.83 Å². The topological polar surface area (TPSA) is 110 Å². The number of rotatable bonds is 8. The van der Waals surface area contributed by atoms with E-state index in [-0.39, 0.29) is 29.1 Å². The molecule has 9 nitrogen and oxygen atoms in total. The third-order valence-corrected chi connectivity index (χ3v) is 7.34. The Morgan fingerprint density at radius 2 is 1.97 bits per heavy atom. The Hall–Kier alpha value is -2.98. The minimum atomic E-state index is -3.78. The fourth-order valence-electron chi connectivity index (χ4n) is 3.90. The zero-order valence-corrected chi connectivity index (χ0v) is 18.7. The van der Waals surface area contributed by atoms with Gasteiger partial charge >= 0.3 is 0 Å². The van der Waals surface area contributed by atoms with Crippen molar-refractivity contribution in [1.82, 2.24) is 19.4 Å². The number of sulfonamides is 1. The van der Waals surface area contributed by atoms with E-state index in [2.05, 4.69) is 10.2 Å². The van der Waals surface area contributed by atoms with Crippen LogP contribution in [0.15, 0.2) is 62.5 Å². The molecular weight excluding hydrogens is 432 g/mol. The summed E-state index contributed by atoms with van der Waals surface area (Å²) in [5.74, 6) is 0.708. The molecule has 1 fully saturated rings. The summed E-state index contributed by atoms with van der Waals surface area (Å²) in [5, 5.41) is 8.02. The average Bonchev–Trinajstić information content (AvgIpc) is 3.51. The fourth-order valence-corrected chi connectivity index (χ4v) is 5.57. The SMILES string of the molecule is CCCN(Cc1nnc(-c2ccco2)o1)C(=O)[C@@H]1CCCCN1S(=O)(=O)c1ccccc1. The van der Waals surface area contributed by atoms with Crippen molar-refractivity contribution < 1.29 is 22.0 Å². The number of carbonyl (C=O) groups excluding carboxylic acids is 1. The van der Waals surface area contributed by atoms with Gasteiger partial charge in [-0.1, -0.05) is 31.5 Å². The van der Waals surface area contributed by atoms with Gasteiger partial charge in [0.05, 0.1) is 17.7 Å². The lowest BCUT2D eigenvalue weighted by Gasteiger charge is -2.36. The van der Waals surface area contributed by atoms with Crippen LogP contribution < -0.4 is 0 Å². The molecule has 0 radical (unpaired) electrons. The summed E-state index contributed by atoms with van der Waals surface area (Å²) in [4.78, 5) is 15.3. The minimum Gasteiger partial charge on any atom is -0.459 e. The smallest absolute Gasteiger partial charge is 0.283 e. The molecule has 0 unspecified atom stereocenters. The van der Waals surface area contributed by atoms with Gasteiger partial charge in [0.25, 0.3) is 5.89 Å². The number of benzene rings is 1. The summed E-state index contributed by atoms with van der Waals surface area (Å²) in [5.41, 5.74) is 0. The summed E-state index contributed by atoms with van der Waals surface area (Å²) in [7, 11) is -3.78. The van der Waals surface area contributed by atoms with Crippen molar-refractivity contribution >= 4 is 15.9 Å². The Bertz CT molecular complexity index is 1130. The molecule has 2 aromatic heterocycles. The standard InChI is InChI=1S/C22H26N4O5S/c1-2-13-25(16-20-23-24-21(31-20)19-12-8-15-30-19)22(27)18-11-6-7-14-26(18)32(28,29)17-9-4-3-5-10-17/h3-5,8-10,12,15,18H,2,6-7,11,13-14,16H2,1H3/t18-/m0/s1. The monoisotopic (exact) mass is 458 g/mol. The first-order valence-corrected chi connectivity index (χ1v) is 12.2. The van der Waals surface area contributed by atoms with Gasteiger partial charge in [-0.15, -0.1) is 10.2 Å². The van der Waals surface area contributed by atoms with Crippen LogP contribution in [0.4, 0.5) is 0 Å². The van der Waals surface area contributed by atoms with Gasteiger partial charge in [-0.05, 0) is 43.5 Å². The molecule has 1 amide bonds. The number of hydrogen-bond acceptors (Lipinski definition) is 7. The highest BCUT2D eigenvalue weighted by Gasteiger charge is 2.39. The number of aromatic nitrogens is 2. The van der Waals surface area contributed by atoms with E-state index in [0.717, 1.165) is 12.8 Å². The zero-order chi connectivity index (χ0) is 22.6. The second kappa shape index (κ2) is 9.66. The van der Waals surface area contributed by atoms with Gasteiger partial charge in [0, 0.05) is 13.1 Å². The first kappa shape index (κ1) is 22.2. The molecule has 1 aliphatic rings. The molecule has 0 saturated carbocycles. The lowest BCUT2D eigenvalue weighted by atomic mass is 10.0. The number of hydrogen-bond donors (Lipinski definition) is 0. The summed E-state index contributed by atoms with van der Waals surface area (Å²) >= 11 is 0. The van der Waals surface area contributed by atoms with E-state index in [9.17, 15) is 13.2 Å². The quantitative estimate of drug-likeness (QED) is 0.509. The van der Waals surface area contributed by atoms with Gasteiger partial charge in [-0.3, -0.25) is 4.79 Å². The molecule has 1 aliphatic heterocycles. The van der Waals surface area contributed by atoms with Crippen molar-refractivity contribution in [2.75, 3.05) is 13.1 Å². The Labute approximate surface area is 187 Å². The van der Waals surface area contributed by atoms with Gasteiger partial charge in [0.1, 0.15) is 6.04 Å². The molecule has 0 spiro atoms. The van der Waals surface area contributed by atoms with E-state index < -0.39 is 16.1 Å². The molecular formula is C22H26N4O5S. The van der Waals surface area contributed by atoms with Crippen LogP contribution in [-0.4, -0.2) is 52.9 Å². The number of carbonyl (C=O) groups is 1. The molecule has 1 atom stereocenters. The molecule has 0 aliphatic carbocycles. The van der Waals surface area contributed by atoms with Crippen molar-refractivity contribution in [3.05, 3.63) is 54.6 Å². The molecule has 3 aromatic rings. The van der Waals surface area contributed by atoms with Crippen LogP contribution in [0, 0.1) is 0 Å². The number of amides is 1. The van der Waals surface area contributed by atoms with Gasteiger partial charge in [-0.25, -0.2) is 8.42 Å². The summed E-state index contributed by atoms with van der Waals surface area (Å²) in [6.07, 6.45) is 4.22. The fraction of sp³-hybridized carbons (Fsp3) is 0.409. The van der Waals surface area contributed by atoms with Crippen LogP contribution in [0.5, 0.6) is 0 Å². The molecule has 0 N–H and O–H groups in total. The Morgan fingerprint density at radius 1 is 1.16 bits per heavy atom. The van der Waals surface area contributed by atoms with E-state index >= 15 is 0 Å². The maximum Gasteiger partial charge on any atom is 0.283 e. The highest BCUT2D eigenvalue weighted by Crippen LogP contribution is 2.27. The predicted molar refractivity (Wildman–Crippen MR) is 116 cm³/mol. The van der Waals surface area contributed by atoms with Crippen LogP contribution >= 0.6 is 0 Å². The maximum absolute atomic E-state index is 13.5. The number of nitrogens with zero attached hydrogens (tertiary/aromatic N) is 4. The lowest BCUT2D eigenvalue weighted by molar-refractivity contribution is -0.137. The summed E-state index contributed by atoms with van der Waals surface area (Å²) in [6.45, 7) is 2.83. The Balaban J connectivity index is 1.56. The second-order valence-corrected chi connectivity index (χ2v) is 9.57. The van der Waals surface area contributed by atoms with Crippen molar-refractivity contribution in [3.63, 3.8) is 0 Å². The summed E-state index contributed by atoms with van der Waals surface area (Å²) in [6, 6.07) is 10.9. The van der Waals surface area contributed by atoms with E-state index in [1.165, 1.54) is 10.6 Å². The molecule has 1 aromatic carbocycles. The molecule has 0 bridgehead atoms. The molecule has 1 saturated heterocycles.